The van der Waals surface area contributed by atoms with Gasteiger partial charge in [0.2, 0.25) is 5.91 Å². The highest BCUT2D eigenvalue weighted by molar-refractivity contribution is 6.04. The van der Waals surface area contributed by atoms with E-state index in [2.05, 4.69) is 5.32 Å². The van der Waals surface area contributed by atoms with Gasteiger partial charge >= 0.3 is 0 Å². The monoisotopic (exact) mass is 324 g/mol. The first-order chi connectivity index (χ1) is 11.6. The van der Waals surface area contributed by atoms with E-state index in [1.807, 2.05) is 24.3 Å². The number of nitrogens with zero attached hydrogens (tertiary/aromatic N) is 1. The van der Waals surface area contributed by atoms with Crippen LogP contribution in [0.15, 0.2) is 48.5 Å². The zero-order valence-corrected chi connectivity index (χ0v) is 13.8. The summed E-state index contributed by atoms with van der Waals surface area (Å²) >= 11 is 0. The molecule has 0 radical (unpaired) electrons. The van der Waals surface area contributed by atoms with Gasteiger partial charge in [-0.1, -0.05) is 30.3 Å². The molecule has 0 spiro atoms. The zero-order valence-electron chi connectivity index (χ0n) is 13.8. The van der Waals surface area contributed by atoms with Crippen molar-refractivity contribution in [1.29, 1.82) is 0 Å². The molecule has 0 unspecified atom stereocenters. The van der Waals surface area contributed by atoms with Crippen molar-refractivity contribution in [3.63, 3.8) is 0 Å². The number of carbonyl (C=O) groups is 2. The average Bonchev–Trinajstić information content (AvgIpc) is 3.04. The molecular formula is C19H20N2O3. The average molecular weight is 324 g/mol. The van der Waals surface area contributed by atoms with Crippen molar-refractivity contribution in [2.75, 3.05) is 18.6 Å². The fourth-order valence-electron chi connectivity index (χ4n) is 2.97. The van der Waals surface area contributed by atoms with Crippen LogP contribution < -0.4 is 15.0 Å². The second-order valence-corrected chi connectivity index (χ2v) is 5.76. The molecule has 5 heteroatoms. The third-order valence-corrected chi connectivity index (χ3v) is 4.22. The Labute approximate surface area is 141 Å². The largest absolute Gasteiger partial charge is 0.496 e. The molecule has 2 amide bonds. The summed E-state index contributed by atoms with van der Waals surface area (Å²) in [6.45, 7) is 2.35. The van der Waals surface area contributed by atoms with Crippen LogP contribution in [0, 0.1) is 0 Å². The number of carbonyl (C=O) groups excluding carboxylic acids is 2. The van der Waals surface area contributed by atoms with E-state index in [1.54, 1.807) is 36.1 Å². The Morgan fingerprint density at radius 1 is 1.12 bits per heavy atom. The number of hydrogen-bond acceptors (Lipinski definition) is 3. The highest BCUT2D eigenvalue weighted by atomic mass is 16.5. The topological polar surface area (TPSA) is 58.6 Å². The number of nitrogens with one attached hydrogen (secondary N) is 1. The van der Waals surface area contributed by atoms with E-state index in [0.717, 1.165) is 17.7 Å². The summed E-state index contributed by atoms with van der Waals surface area (Å²) in [6, 6.07) is 14.2. The number of amides is 2. The van der Waals surface area contributed by atoms with E-state index >= 15 is 0 Å². The van der Waals surface area contributed by atoms with Gasteiger partial charge in [0.15, 0.2) is 0 Å². The standard InChI is InChI=1S/C19H20N2O3/c1-13(20-18(22)15-8-4-6-10-17(15)24-2)19(23)21-12-11-14-7-3-5-9-16(14)21/h3-10,13H,11-12H2,1-2H3,(H,20,22)/t13-/m0/s1. The third kappa shape index (κ3) is 2.97. The number of methoxy groups -OCH3 is 1. The molecule has 2 aromatic carbocycles. The second kappa shape index (κ2) is 6.74. The number of ether oxygens (including phenoxy) is 1. The van der Waals surface area contributed by atoms with E-state index in [4.69, 9.17) is 4.74 Å². The van der Waals surface area contributed by atoms with Crippen LogP contribution >= 0.6 is 0 Å². The SMILES string of the molecule is COc1ccccc1C(=O)N[C@@H](C)C(=O)N1CCc2ccccc21. The predicted molar refractivity (Wildman–Crippen MR) is 92.4 cm³/mol. The zero-order chi connectivity index (χ0) is 17.1. The smallest absolute Gasteiger partial charge is 0.255 e. The van der Waals surface area contributed by atoms with E-state index in [-0.39, 0.29) is 11.8 Å². The van der Waals surface area contributed by atoms with Crippen molar-refractivity contribution < 1.29 is 14.3 Å². The Hall–Kier alpha value is -2.82. The van der Waals surface area contributed by atoms with Gasteiger partial charge in [0.1, 0.15) is 11.8 Å². The van der Waals surface area contributed by atoms with Crippen molar-refractivity contribution >= 4 is 17.5 Å². The van der Waals surface area contributed by atoms with Crippen LogP contribution in [0.25, 0.3) is 0 Å². The number of fused-ring (bicyclic) bond motifs is 1. The number of anilines is 1. The normalized spacial score (nSPS) is 14.0. The van der Waals surface area contributed by atoms with Gasteiger partial charge in [0.25, 0.3) is 5.91 Å². The predicted octanol–water partition coefficient (Wildman–Crippen LogP) is 2.40. The third-order valence-electron chi connectivity index (χ3n) is 4.22. The van der Waals surface area contributed by atoms with Crippen LogP contribution in [0.3, 0.4) is 0 Å². The second-order valence-electron chi connectivity index (χ2n) is 5.76. The van der Waals surface area contributed by atoms with Crippen LogP contribution in [-0.2, 0) is 11.2 Å². The Balaban J connectivity index is 1.72. The number of rotatable bonds is 4. The maximum Gasteiger partial charge on any atom is 0.255 e. The molecule has 1 N–H and O–H groups in total. The molecule has 0 bridgehead atoms. The number of para-hydroxylation sites is 2. The fourth-order valence-corrected chi connectivity index (χ4v) is 2.97. The van der Waals surface area contributed by atoms with Gasteiger partial charge in [-0.15, -0.1) is 0 Å². The minimum absolute atomic E-state index is 0.108. The van der Waals surface area contributed by atoms with Crippen molar-refractivity contribution in [2.45, 2.75) is 19.4 Å². The summed E-state index contributed by atoms with van der Waals surface area (Å²) < 4.78 is 5.20. The summed E-state index contributed by atoms with van der Waals surface area (Å²) in [5, 5.41) is 2.77. The first-order valence-electron chi connectivity index (χ1n) is 7.95. The van der Waals surface area contributed by atoms with Gasteiger partial charge in [0.05, 0.1) is 12.7 Å². The molecule has 0 aliphatic carbocycles. The van der Waals surface area contributed by atoms with E-state index in [1.165, 1.54) is 7.11 Å². The van der Waals surface area contributed by atoms with Gasteiger partial charge in [-0.05, 0) is 37.1 Å². The molecule has 3 rings (SSSR count). The molecule has 2 aromatic rings. The number of hydrogen-bond donors (Lipinski definition) is 1. The highest BCUT2D eigenvalue weighted by Crippen LogP contribution is 2.28. The van der Waals surface area contributed by atoms with E-state index in [0.29, 0.717) is 17.9 Å². The van der Waals surface area contributed by atoms with Gasteiger partial charge in [-0.25, -0.2) is 0 Å². The summed E-state index contributed by atoms with van der Waals surface area (Å²) in [5.74, 6) is 0.0603. The molecule has 1 heterocycles. The molecule has 24 heavy (non-hydrogen) atoms. The summed E-state index contributed by atoms with van der Waals surface area (Å²) in [5.41, 5.74) is 2.51. The first kappa shape index (κ1) is 16.1. The van der Waals surface area contributed by atoms with Crippen LogP contribution in [-0.4, -0.2) is 31.5 Å². The molecule has 1 aliphatic heterocycles. The molecule has 0 saturated heterocycles. The molecule has 0 fully saturated rings. The van der Waals surface area contributed by atoms with Crippen molar-refractivity contribution in [3.05, 3.63) is 59.7 Å². The van der Waals surface area contributed by atoms with Crippen LogP contribution in [0.5, 0.6) is 5.75 Å². The van der Waals surface area contributed by atoms with E-state index in [9.17, 15) is 9.59 Å². The van der Waals surface area contributed by atoms with Crippen LogP contribution in [0.1, 0.15) is 22.8 Å². The minimum atomic E-state index is -0.617. The quantitative estimate of drug-likeness (QED) is 0.939. The van der Waals surface area contributed by atoms with Crippen molar-refractivity contribution in [3.8, 4) is 5.75 Å². The Morgan fingerprint density at radius 3 is 2.62 bits per heavy atom. The Kier molecular flexibility index (Phi) is 4.51. The summed E-state index contributed by atoms with van der Waals surface area (Å²) in [6.07, 6.45) is 0.842. The van der Waals surface area contributed by atoms with Gasteiger partial charge in [-0.2, -0.15) is 0 Å². The Bertz CT molecular complexity index is 773. The van der Waals surface area contributed by atoms with E-state index < -0.39 is 6.04 Å². The minimum Gasteiger partial charge on any atom is -0.496 e. The van der Waals surface area contributed by atoms with Crippen LogP contribution in [0.2, 0.25) is 0 Å². The molecular weight excluding hydrogens is 304 g/mol. The molecule has 1 aliphatic rings. The van der Waals surface area contributed by atoms with Gasteiger partial charge in [-0.3, -0.25) is 9.59 Å². The van der Waals surface area contributed by atoms with Crippen LogP contribution in [0.4, 0.5) is 5.69 Å². The van der Waals surface area contributed by atoms with Gasteiger partial charge in [0, 0.05) is 12.2 Å². The molecule has 124 valence electrons. The maximum atomic E-state index is 12.7. The molecule has 1 atom stereocenters. The summed E-state index contributed by atoms with van der Waals surface area (Å²) in [4.78, 5) is 26.9. The highest BCUT2D eigenvalue weighted by Gasteiger charge is 2.29. The number of benzene rings is 2. The van der Waals surface area contributed by atoms with Crippen molar-refractivity contribution in [2.24, 2.45) is 0 Å². The molecule has 0 saturated carbocycles. The lowest BCUT2D eigenvalue weighted by Gasteiger charge is -2.22. The fraction of sp³-hybridized carbons (Fsp3) is 0.263. The first-order valence-corrected chi connectivity index (χ1v) is 7.95. The maximum absolute atomic E-state index is 12.7. The molecule has 5 nitrogen and oxygen atoms in total. The summed E-state index contributed by atoms with van der Waals surface area (Å²) in [7, 11) is 1.52. The van der Waals surface area contributed by atoms with Gasteiger partial charge < -0.3 is 15.0 Å². The Morgan fingerprint density at radius 2 is 1.83 bits per heavy atom. The lowest BCUT2D eigenvalue weighted by Crippen LogP contribution is -2.46. The lowest BCUT2D eigenvalue weighted by molar-refractivity contribution is -0.119. The van der Waals surface area contributed by atoms with Crippen molar-refractivity contribution in [1.82, 2.24) is 5.32 Å². The molecule has 0 aromatic heterocycles. The lowest BCUT2D eigenvalue weighted by atomic mass is 10.1.